The molecule has 0 saturated carbocycles. The van der Waals surface area contributed by atoms with Crippen LogP contribution in [0.25, 0.3) is 0 Å². The Kier molecular flexibility index (Phi) is 5.20. The zero-order valence-corrected chi connectivity index (χ0v) is 11.5. The van der Waals surface area contributed by atoms with E-state index in [2.05, 4.69) is 0 Å². The summed E-state index contributed by atoms with van der Waals surface area (Å²) in [5.41, 5.74) is -0.791. The van der Waals surface area contributed by atoms with Crippen LogP contribution in [-0.2, 0) is 14.8 Å². The average molecular weight is 313 g/mol. The molecular weight excluding hydrogens is 302 g/mol. The van der Waals surface area contributed by atoms with E-state index >= 15 is 0 Å². The SMILES string of the molecule is N#Cc1ccc(NS(=O)(=O)CCCC(=O)O)c([N+](=O)[O-])c1. The topological polar surface area (TPSA) is 150 Å². The van der Waals surface area contributed by atoms with Gasteiger partial charge in [-0.3, -0.25) is 19.6 Å². The summed E-state index contributed by atoms with van der Waals surface area (Å²) in [5.74, 6) is -1.61. The third kappa shape index (κ3) is 5.07. The van der Waals surface area contributed by atoms with E-state index in [0.29, 0.717) is 0 Å². The number of carboxylic acids is 1. The number of benzene rings is 1. The lowest BCUT2D eigenvalue weighted by atomic mass is 10.2. The number of aliphatic carboxylic acids is 1. The van der Waals surface area contributed by atoms with Gasteiger partial charge in [-0.25, -0.2) is 8.42 Å². The van der Waals surface area contributed by atoms with Crippen molar-refractivity contribution in [2.75, 3.05) is 10.5 Å². The number of nitro groups is 1. The highest BCUT2D eigenvalue weighted by molar-refractivity contribution is 7.92. The lowest BCUT2D eigenvalue weighted by Gasteiger charge is -2.08. The van der Waals surface area contributed by atoms with Crippen LogP contribution in [0.5, 0.6) is 0 Å². The predicted molar refractivity (Wildman–Crippen MR) is 72.1 cm³/mol. The molecule has 9 nitrogen and oxygen atoms in total. The first-order chi connectivity index (χ1) is 9.75. The Labute approximate surface area is 120 Å². The summed E-state index contributed by atoms with van der Waals surface area (Å²) in [6, 6.07) is 5.02. The highest BCUT2D eigenvalue weighted by Gasteiger charge is 2.20. The summed E-state index contributed by atoms with van der Waals surface area (Å²) in [7, 11) is -3.91. The fourth-order valence-electron chi connectivity index (χ4n) is 1.47. The normalized spacial score (nSPS) is 10.6. The maximum absolute atomic E-state index is 11.7. The molecule has 0 aromatic heterocycles. The van der Waals surface area contributed by atoms with Crippen LogP contribution in [0.2, 0.25) is 0 Å². The van der Waals surface area contributed by atoms with Gasteiger partial charge in [0.05, 0.1) is 22.3 Å². The second kappa shape index (κ2) is 6.67. The van der Waals surface area contributed by atoms with Crippen LogP contribution in [0.3, 0.4) is 0 Å². The molecule has 0 aliphatic carbocycles. The highest BCUT2D eigenvalue weighted by Crippen LogP contribution is 2.26. The van der Waals surface area contributed by atoms with E-state index in [9.17, 15) is 23.3 Å². The quantitative estimate of drug-likeness (QED) is 0.564. The second-order valence-corrected chi connectivity index (χ2v) is 5.86. The standard InChI is InChI=1S/C11H11N3O6S/c12-7-8-3-4-9(10(6-8)14(17)18)13-21(19,20)5-1-2-11(15)16/h3-4,6,13H,1-2,5H2,(H,15,16). The van der Waals surface area contributed by atoms with Gasteiger partial charge in [0.2, 0.25) is 10.0 Å². The Bertz CT molecular complexity index is 707. The van der Waals surface area contributed by atoms with Crippen molar-refractivity contribution in [2.24, 2.45) is 0 Å². The number of rotatable bonds is 7. The summed E-state index contributed by atoms with van der Waals surface area (Å²) in [6.07, 6.45) is -0.439. The largest absolute Gasteiger partial charge is 0.481 e. The molecule has 0 saturated heterocycles. The van der Waals surface area contributed by atoms with Crippen molar-refractivity contribution in [3.8, 4) is 6.07 Å². The fourth-order valence-corrected chi connectivity index (χ4v) is 2.60. The molecule has 0 spiro atoms. The zero-order valence-electron chi connectivity index (χ0n) is 10.6. The third-order valence-corrected chi connectivity index (χ3v) is 3.75. The first-order valence-corrected chi connectivity index (χ1v) is 7.31. The molecule has 2 N–H and O–H groups in total. The van der Waals surface area contributed by atoms with Crippen LogP contribution in [0, 0.1) is 21.4 Å². The van der Waals surface area contributed by atoms with Gasteiger partial charge in [0.15, 0.2) is 0 Å². The minimum Gasteiger partial charge on any atom is -0.481 e. The van der Waals surface area contributed by atoms with E-state index < -0.39 is 32.4 Å². The molecule has 0 radical (unpaired) electrons. The summed E-state index contributed by atoms with van der Waals surface area (Å²) in [5, 5.41) is 28.0. The lowest BCUT2D eigenvalue weighted by molar-refractivity contribution is -0.383. The van der Waals surface area contributed by atoms with E-state index in [-0.39, 0.29) is 24.1 Å². The number of nitrogens with zero attached hydrogens (tertiary/aromatic N) is 2. The molecule has 0 atom stereocenters. The van der Waals surface area contributed by atoms with Gasteiger partial charge in [-0.2, -0.15) is 5.26 Å². The average Bonchev–Trinajstić information content (AvgIpc) is 2.37. The Morgan fingerprint density at radius 2 is 2.14 bits per heavy atom. The Morgan fingerprint density at radius 1 is 1.48 bits per heavy atom. The Morgan fingerprint density at radius 3 is 2.67 bits per heavy atom. The number of nitrogens with one attached hydrogen (secondary N) is 1. The van der Waals surface area contributed by atoms with Gasteiger partial charge < -0.3 is 5.11 Å². The van der Waals surface area contributed by atoms with Gasteiger partial charge in [-0.15, -0.1) is 0 Å². The first kappa shape index (κ1) is 16.4. The van der Waals surface area contributed by atoms with E-state index in [1.54, 1.807) is 6.07 Å². The van der Waals surface area contributed by atoms with Crippen molar-refractivity contribution in [1.29, 1.82) is 5.26 Å². The minimum atomic E-state index is -3.91. The molecule has 0 aliphatic rings. The molecule has 10 heteroatoms. The molecule has 1 aromatic carbocycles. The van der Waals surface area contributed by atoms with Gasteiger partial charge in [-0.05, 0) is 18.6 Å². The number of carboxylic acid groups (broad SMARTS) is 1. The van der Waals surface area contributed by atoms with Gasteiger partial charge in [0, 0.05) is 12.5 Å². The van der Waals surface area contributed by atoms with Crippen LogP contribution in [-0.4, -0.2) is 30.2 Å². The van der Waals surface area contributed by atoms with Gasteiger partial charge in [-0.1, -0.05) is 0 Å². The van der Waals surface area contributed by atoms with E-state index in [1.165, 1.54) is 6.07 Å². The zero-order chi connectivity index (χ0) is 16.0. The van der Waals surface area contributed by atoms with Gasteiger partial charge in [0.25, 0.3) is 5.69 Å². The van der Waals surface area contributed by atoms with Crippen LogP contribution in [0.15, 0.2) is 18.2 Å². The van der Waals surface area contributed by atoms with Crippen molar-refractivity contribution in [3.63, 3.8) is 0 Å². The highest BCUT2D eigenvalue weighted by atomic mass is 32.2. The maximum atomic E-state index is 11.7. The molecular formula is C11H11N3O6S. The summed E-state index contributed by atoms with van der Waals surface area (Å²) in [4.78, 5) is 20.4. The number of sulfonamides is 1. The number of hydrogen-bond acceptors (Lipinski definition) is 6. The number of nitriles is 1. The Balaban J connectivity index is 2.94. The summed E-state index contributed by atoms with van der Waals surface area (Å²) < 4.78 is 25.5. The molecule has 0 amide bonds. The predicted octanol–water partition coefficient (Wildman–Crippen LogP) is 1.07. The number of nitro benzene ring substituents is 1. The van der Waals surface area contributed by atoms with E-state index in [0.717, 1.165) is 12.1 Å². The van der Waals surface area contributed by atoms with Gasteiger partial charge in [0.1, 0.15) is 5.69 Å². The van der Waals surface area contributed by atoms with Crippen LogP contribution >= 0.6 is 0 Å². The first-order valence-electron chi connectivity index (χ1n) is 5.66. The number of anilines is 1. The second-order valence-electron chi connectivity index (χ2n) is 4.02. The van der Waals surface area contributed by atoms with Crippen molar-refractivity contribution >= 4 is 27.4 Å². The molecule has 1 aromatic rings. The fraction of sp³-hybridized carbons (Fsp3) is 0.273. The lowest BCUT2D eigenvalue weighted by Crippen LogP contribution is -2.18. The third-order valence-electron chi connectivity index (χ3n) is 2.39. The minimum absolute atomic E-state index is 0.0236. The van der Waals surface area contributed by atoms with E-state index in [4.69, 9.17) is 10.4 Å². The maximum Gasteiger partial charge on any atom is 0.303 e. The molecule has 0 heterocycles. The van der Waals surface area contributed by atoms with Crippen molar-refractivity contribution in [3.05, 3.63) is 33.9 Å². The van der Waals surface area contributed by atoms with Crippen LogP contribution in [0.1, 0.15) is 18.4 Å². The van der Waals surface area contributed by atoms with Crippen molar-refractivity contribution in [1.82, 2.24) is 0 Å². The molecule has 0 unspecified atom stereocenters. The molecule has 0 bridgehead atoms. The molecule has 0 fully saturated rings. The van der Waals surface area contributed by atoms with Crippen molar-refractivity contribution < 1.29 is 23.2 Å². The number of hydrogen-bond donors (Lipinski definition) is 2. The monoisotopic (exact) mass is 313 g/mol. The van der Waals surface area contributed by atoms with E-state index in [1.807, 2.05) is 4.72 Å². The number of carbonyl (C=O) groups is 1. The molecule has 112 valence electrons. The molecule has 21 heavy (non-hydrogen) atoms. The summed E-state index contributed by atoms with van der Waals surface area (Å²) in [6.45, 7) is 0. The molecule has 1 rings (SSSR count). The van der Waals surface area contributed by atoms with Crippen LogP contribution in [0.4, 0.5) is 11.4 Å². The Hall–Kier alpha value is -2.67. The van der Waals surface area contributed by atoms with Crippen molar-refractivity contribution in [2.45, 2.75) is 12.8 Å². The molecule has 0 aliphatic heterocycles. The van der Waals surface area contributed by atoms with Crippen LogP contribution < -0.4 is 4.72 Å². The van der Waals surface area contributed by atoms with Gasteiger partial charge >= 0.3 is 5.97 Å². The summed E-state index contributed by atoms with van der Waals surface area (Å²) >= 11 is 0. The smallest absolute Gasteiger partial charge is 0.303 e.